The first-order chi connectivity index (χ1) is 14.0. The van der Waals surface area contributed by atoms with E-state index in [1.807, 2.05) is 0 Å². The topological polar surface area (TPSA) is 244 Å². The van der Waals surface area contributed by atoms with Crippen molar-refractivity contribution in [2.75, 3.05) is 6.61 Å². The van der Waals surface area contributed by atoms with E-state index in [2.05, 4.69) is 18.1 Å². The van der Waals surface area contributed by atoms with Gasteiger partial charge in [-0.1, -0.05) is 13.8 Å². The van der Waals surface area contributed by atoms with Gasteiger partial charge in [0, 0.05) is 18.2 Å². The summed E-state index contributed by atoms with van der Waals surface area (Å²) in [6, 6.07) is 0. The Morgan fingerprint density at radius 1 is 1.16 bits per heavy atom. The molecule has 1 aromatic rings. The van der Waals surface area contributed by atoms with Gasteiger partial charge < -0.3 is 29.4 Å². The number of aliphatic hydroxyl groups excluding tert-OH is 1. The van der Waals surface area contributed by atoms with Crippen LogP contribution in [0.3, 0.4) is 0 Å². The van der Waals surface area contributed by atoms with Crippen LogP contribution >= 0.6 is 23.5 Å². The Bertz CT molecular complexity index is 1060. The molecule has 0 amide bonds. The van der Waals surface area contributed by atoms with Gasteiger partial charge in [0.1, 0.15) is 12.3 Å². The molecule has 1 aromatic heterocycles. The SMILES string of the molecule is CC(C)c1cn([C@H]2C[C@H](O)[C@@H](COP(=O)(O)OP(=O)(O)OP(=O)(O)O)O2)c(=O)[nH]c1=O. The number of phosphoric ester groups is 1. The average Bonchev–Trinajstić information content (AvgIpc) is 2.90. The summed E-state index contributed by atoms with van der Waals surface area (Å²) < 4.78 is 51.6. The van der Waals surface area contributed by atoms with E-state index in [0.717, 1.165) is 4.57 Å². The standard InChI is InChI=1S/C12H21N2O14P3/c1-6(2)7-4-14(12(17)13-11(7)16)10-3-8(15)9(26-10)5-25-30(21,22)28-31(23,24)27-29(18,19)20/h4,6,8-10,15H,3,5H2,1-2H3,(H,21,22)(H,23,24)(H,13,16,17)(H2,18,19,20)/t8-,9+,10+/m0/s1. The van der Waals surface area contributed by atoms with Crippen LogP contribution in [-0.2, 0) is 31.6 Å². The second-order valence-corrected chi connectivity index (χ2v) is 11.1. The second kappa shape index (κ2) is 9.48. The minimum atomic E-state index is -5.68. The number of nitrogens with one attached hydrogen (secondary N) is 1. The van der Waals surface area contributed by atoms with Crippen LogP contribution in [0.15, 0.2) is 15.8 Å². The van der Waals surface area contributed by atoms with Crippen molar-refractivity contribution < 1.29 is 56.3 Å². The molecular weight excluding hydrogens is 489 g/mol. The number of aromatic amines is 1. The van der Waals surface area contributed by atoms with Crippen LogP contribution < -0.4 is 11.2 Å². The molecule has 2 rings (SSSR count). The monoisotopic (exact) mass is 510 g/mol. The lowest BCUT2D eigenvalue weighted by atomic mass is 10.1. The summed E-state index contributed by atoms with van der Waals surface area (Å²) in [7, 11) is -16.6. The summed E-state index contributed by atoms with van der Waals surface area (Å²) in [4.78, 5) is 61.6. The molecule has 2 unspecified atom stereocenters. The van der Waals surface area contributed by atoms with Gasteiger partial charge in [-0.05, 0) is 5.92 Å². The smallest absolute Gasteiger partial charge is 0.390 e. The number of nitrogens with zero attached hydrogens (tertiary/aromatic N) is 1. The highest BCUT2D eigenvalue weighted by molar-refractivity contribution is 7.66. The van der Waals surface area contributed by atoms with E-state index in [1.54, 1.807) is 13.8 Å². The highest BCUT2D eigenvalue weighted by atomic mass is 31.3. The van der Waals surface area contributed by atoms with E-state index in [0.29, 0.717) is 0 Å². The van der Waals surface area contributed by atoms with Crippen LogP contribution in [0.2, 0.25) is 0 Å². The van der Waals surface area contributed by atoms with Gasteiger partial charge in [-0.25, -0.2) is 18.5 Å². The third-order valence-corrected chi connectivity index (χ3v) is 7.75. The number of phosphoric acid groups is 3. The van der Waals surface area contributed by atoms with Gasteiger partial charge in [0.2, 0.25) is 0 Å². The summed E-state index contributed by atoms with van der Waals surface area (Å²) in [5.74, 6) is -0.233. The highest BCUT2D eigenvalue weighted by Gasteiger charge is 2.43. The lowest BCUT2D eigenvalue weighted by molar-refractivity contribution is -0.0451. The molecule has 0 aromatic carbocycles. The number of ether oxygens (including phenoxy) is 1. The average molecular weight is 510 g/mol. The number of aromatic nitrogens is 2. The molecule has 31 heavy (non-hydrogen) atoms. The van der Waals surface area contributed by atoms with Crippen LogP contribution in [-0.4, -0.2) is 53.0 Å². The summed E-state index contributed by atoms with van der Waals surface area (Å²) in [5, 5.41) is 10.1. The normalized spacial score (nSPS) is 26.0. The maximum absolute atomic E-state index is 12.1. The zero-order chi connectivity index (χ0) is 23.8. The molecule has 6 N–H and O–H groups in total. The highest BCUT2D eigenvalue weighted by Crippen LogP contribution is 2.66. The first kappa shape index (κ1) is 26.3. The molecule has 16 nitrogen and oxygen atoms in total. The fourth-order valence-electron chi connectivity index (χ4n) is 2.63. The zero-order valence-corrected chi connectivity index (χ0v) is 18.7. The van der Waals surface area contributed by atoms with Gasteiger partial charge in [0.15, 0.2) is 0 Å². The molecule has 1 aliphatic rings. The van der Waals surface area contributed by atoms with Crippen molar-refractivity contribution in [2.45, 2.75) is 44.6 Å². The van der Waals surface area contributed by atoms with Crippen LogP contribution in [0, 0.1) is 0 Å². The van der Waals surface area contributed by atoms with Crippen LogP contribution in [0.25, 0.3) is 0 Å². The Labute approximate surface area is 173 Å². The summed E-state index contributed by atoms with van der Waals surface area (Å²) in [6.45, 7) is 2.56. The van der Waals surface area contributed by atoms with Crippen molar-refractivity contribution >= 4 is 23.5 Å². The molecule has 0 radical (unpaired) electrons. The second-order valence-electron chi connectivity index (χ2n) is 6.72. The van der Waals surface area contributed by atoms with E-state index in [9.17, 15) is 33.3 Å². The van der Waals surface area contributed by atoms with E-state index < -0.39 is 59.8 Å². The van der Waals surface area contributed by atoms with Crippen molar-refractivity contribution in [2.24, 2.45) is 0 Å². The largest absolute Gasteiger partial charge is 0.490 e. The maximum atomic E-state index is 12.1. The molecule has 0 saturated carbocycles. The first-order valence-corrected chi connectivity index (χ1v) is 13.0. The molecule has 19 heteroatoms. The van der Waals surface area contributed by atoms with E-state index in [-0.39, 0.29) is 17.9 Å². The first-order valence-electron chi connectivity index (χ1n) is 8.47. The fraction of sp³-hybridized carbons (Fsp3) is 0.667. The minimum Gasteiger partial charge on any atom is -0.390 e. The van der Waals surface area contributed by atoms with E-state index in [4.69, 9.17) is 19.4 Å². The molecule has 178 valence electrons. The fourth-order valence-corrected chi connectivity index (χ4v) is 5.66. The molecule has 2 heterocycles. The van der Waals surface area contributed by atoms with Crippen molar-refractivity contribution in [3.63, 3.8) is 0 Å². The Balaban J connectivity index is 2.07. The number of H-pyrrole nitrogens is 1. The minimum absolute atomic E-state index is 0.173. The van der Waals surface area contributed by atoms with Gasteiger partial charge in [-0.3, -0.25) is 18.9 Å². The molecule has 5 atom stereocenters. The van der Waals surface area contributed by atoms with Crippen molar-refractivity contribution in [1.82, 2.24) is 9.55 Å². The van der Waals surface area contributed by atoms with Crippen LogP contribution in [0.4, 0.5) is 0 Å². The molecular formula is C12H21N2O14P3. The van der Waals surface area contributed by atoms with Crippen molar-refractivity contribution in [3.8, 4) is 0 Å². The summed E-state index contributed by atoms with van der Waals surface area (Å²) in [6.07, 6.45) is -2.62. The molecule has 0 bridgehead atoms. The van der Waals surface area contributed by atoms with Gasteiger partial charge in [-0.15, -0.1) is 0 Å². The predicted molar refractivity (Wildman–Crippen MR) is 99.8 cm³/mol. The molecule has 0 aliphatic carbocycles. The third kappa shape index (κ3) is 7.53. The predicted octanol–water partition coefficient (Wildman–Crippen LogP) is -0.348. The zero-order valence-electron chi connectivity index (χ0n) is 16.0. The lowest BCUT2D eigenvalue weighted by Gasteiger charge is -2.19. The number of hydrogen-bond donors (Lipinski definition) is 6. The van der Waals surface area contributed by atoms with E-state index in [1.165, 1.54) is 6.20 Å². The van der Waals surface area contributed by atoms with Gasteiger partial charge in [0.05, 0.1) is 12.7 Å². The summed E-state index contributed by atoms with van der Waals surface area (Å²) >= 11 is 0. The maximum Gasteiger partial charge on any atom is 0.490 e. The van der Waals surface area contributed by atoms with Crippen molar-refractivity contribution in [1.29, 1.82) is 0 Å². The van der Waals surface area contributed by atoms with Gasteiger partial charge in [-0.2, -0.15) is 8.62 Å². The van der Waals surface area contributed by atoms with Gasteiger partial charge >= 0.3 is 29.2 Å². The Hall–Kier alpha value is -0.990. The molecule has 1 saturated heterocycles. The number of rotatable bonds is 9. The van der Waals surface area contributed by atoms with Gasteiger partial charge in [0.25, 0.3) is 5.56 Å². The van der Waals surface area contributed by atoms with Crippen LogP contribution in [0.5, 0.6) is 0 Å². The Morgan fingerprint density at radius 2 is 1.77 bits per heavy atom. The molecule has 0 spiro atoms. The number of hydrogen-bond acceptors (Lipinski definition) is 10. The van der Waals surface area contributed by atoms with Crippen LogP contribution in [0.1, 0.15) is 38.0 Å². The lowest BCUT2D eigenvalue weighted by Crippen LogP contribution is -2.34. The number of aliphatic hydroxyl groups is 1. The Kier molecular flexibility index (Phi) is 8.03. The molecule has 1 aliphatic heterocycles. The Morgan fingerprint density at radius 3 is 2.32 bits per heavy atom. The van der Waals surface area contributed by atoms with Crippen molar-refractivity contribution in [3.05, 3.63) is 32.6 Å². The molecule has 1 fully saturated rings. The quantitative estimate of drug-likeness (QED) is 0.233. The third-order valence-electron chi connectivity index (χ3n) is 3.95. The summed E-state index contributed by atoms with van der Waals surface area (Å²) in [5.41, 5.74) is -1.13. The van der Waals surface area contributed by atoms with E-state index >= 15 is 0 Å².